The first kappa shape index (κ1) is 12.8. The van der Waals surface area contributed by atoms with Crippen LogP contribution in [0, 0.1) is 0 Å². The molecule has 1 aromatic rings. The zero-order valence-electron chi connectivity index (χ0n) is 10.8. The lowest BCUT2D eigenvalue weighted by atomic mass is 10.1. The first-order chi connectivity index (χ1) is 8.74. The summed E-state index contributed by atoms with van der Waals surface area (Å²) in [5.41, 5.74) is 1.48. The van der Waals surface area contributed by atoms with Gasteiger partial charge in [-0.2, -0.15) is 0 Å². The molecule has 5 nitrogen and oxygen atoms in total. The number of carbonyl (C=O) groups is 1. The molecule has 5 heteroatoms. The molecule has 0 bridgehead atoms. The lowest BCUT2D eigenvalue weighted by Crippen LogP contribution is -2.47. The van der Waals surface area contributed by atoms with Gasteiger partial charge in [0.25, 0.3) is 5.91 Å². The zero-order chi connectivity index (χ0) is 13.0. The fourth-order valence-electron chi connectivity index (χ4n) is 2.09. The van der Waals surface area contributed by atoms with Gasteiger partial charge in [0, 0.05) is 25.5 Å². The molecule has 1 aliphatic heterocycles. The highest BCUT2D eigenvalue weighted by Gasteiger charge is 2.26. The van der Waals surface area contributed by atoms with Crippen LogP contribution in [0.15, 0.2) is 18.5 Å². The molecule has 1 amide bonds. The van der Waals surface area contributed by atoms with E-state index in [2.05, 4.69) is 10.3 Å². The summed E-state index contributed by atoms with van der Waals surface area (Å²) in [6.07, 6.45) is 3.32. The quantitative estimate of drug-likeness (QED) is 0.879. The molecule has 18 heavy (non-hydrogen) atoms. The fraction of sp³-hybridized carbons (Fsp3) is 0.538. The van der Waals surface area contributed by atoms with Crippen LogP contribution in [0.5, 0.6) is 0 Å². The zero-order valence-corrected chi connectivity index (χ0v) is 10.8. The predicted octanol–water partition coefficient (Wildman–Crippen LogP) is 1.37. The Labute approximate surface area is 107 Å². The second kappa shape index (κ2) is 5.82. The van der Waals surface area contributed by atoms with E-state index >= 15 is 0 Å². The van der Waals surface area contributed by atoms with Crippen molar-refractivity contribution < 1.29 is 9.53 Å². The number of nitrogens with one attached hydrogen (secondary N) is 1. The van der Waals surface area contributed by atoms with E-state index in [0.717, 1.165) is 12.2 Å². The third kappa shape index (κ3) is 2.61. The predicted molar refractivity (Wildman–Crippen MR) is 69.7 cm³/mol. The fourth-order valence-corrected chi connectivity index (χ4v) is 2.09. The molecule has 1 atom stereocenters. The number of aromatic nitrogens is 1. The molecular weight excluding hydrogens is 230 g/mol. The van der Waals surface area contributed by atoms with Crippen molar-refractivity contribution in [3.8, 4) is 0 Å². The van der Waals surface area contributed by atoms with Gasteiger partial charge in [-0.3, -0.25) is 9.78 Å². The van der Waals surface area contributed by atoms with Gasteiger partial charge in [-0.15, -0.1) is 0 Å². The summed E-state index contributed by atoms with van der Waals surface area (Å²) >= 11 is 0. The van der Waals surface area contributed by atoms with Crippen molar-refractivity contribution in [3.63, 3.8) is 0 Å². The number of hydrogen-bond donors (Lipinski definition) is 1. The normalized spacial score (nSPS) is 19.7. The molecule has 1 saturated heterocycles. The van der Waals surface area contributed by atoms with Crippen LogP contribution >= 0.6 is 0 Å². The van der Waals surface area contributed by atoms with Crippen LogP contribution in [0.4, 0.5) is 5.69 Å². The molecule has 0 aliphatic carbocycles. The van der Waals surface area contributed by atoms with Gasteiger partial charge in [0.15, 0.2) is 0 Å². The van der Waals surface area contributed by atoms with Crippen molar-refractivity contribution in [3.05, 3.63) is 24.0 Å². The van der Waals surface area contributed by atoms with Crippen LogP contribution in [0.2, 0.25) is 0 Å². The lowest BCUT2D eigenvalue weighted by Gasteiger charge is -2.33. The maximum atomic E-state index is 12.5. The topological polar surface area (TPSA) is 54.5 Å². The summed E-state index contributed by atoms with van der Waals surface area (Å²) in [5.74, 6) is 0.0230. The van der Waals surface area contributed by atoms with Crippen molar-refractivity contribution in [2.24, 2.45) is 0 Å². The largest absolute Gasteiger partial charge is 0.385 e. The van der Waals surface area contributed by atoms with Gasteiger partial charge in [-0.1, -0.05) is 0 Å². The van der Waals surface area contributed by atoms with Crippen molar-refractivity contribution in [1.82, 2.24) is 9.88 Å². The molecule has 2 rings (SSSR count). The smallest absolute Gasteiger partial charge is 0.257 e. The van der Waals surface area contributed by atoms with E-state index in [-0.39, 0.29) is 11.9 Å². The molecule has 0 spiro atoms. The van der Waals surface area contributed by atoms with E-state index < -0.39 is 0 Å². The van der Waals surface area contributed by atoms with Gasteiger partial charge < -0.3 is 15.0 Å². The highest BCUT2D eigenvalue weighted by molar-refractivity contribution is 5.99. The van der Waals surface area contributed by atoms with Crippen LogP contribution in [-0.2, 0) is 4.74 Å². The van der Waals surface area contributed by atoms with E-state index in [4.69, 9.17) is 4.74 Å². The van der Waals surface area contributed by atoms with Gasteiger partial charge in [-0.05, 0) is 19.9 Å². The maximum Gasteiger partial charge on any atom is 0.257 e. The number of hydrogen-bond acceptors (Lipinski definition) is 4. The summed E-state index contributed by atoms with van der Waals surface area (Å²) < 4.78 is 5.35. The molecule has 0 radical (unpaired) electrons. The molecule has 1 aliphatic rings. The van der Waals surface area contributed by atoms with Crippen molar-refractivity contribution >= 4 is 11.6 Å². The molecule has 1 aromatic heterocycles. The van der Waals surface area contributed by atoms with E-state index in [9.17, 15) is 4.79 Å². The second-order valence-electron chi connectivity index (χ2n) is 4.37. The SMILES string of the molecule is CCNc1ccncc1C(=O)N1CCOCC1C. The van der Waals surface area contributed by atoms with Crippen LogP contribution in [0.25, 0.3) is 0 Å². The Morgan fingerprint density at radius 3 is 3.22 bits per heavy atom. The van der Waals surface area contributed by atoms with Gasteiger partial charge in [-0.25, -0.2) is 0 Å². The van der Waals surface area contributed by atoms with Crippen LogP contribution in [0.1, 0.15) is 24.2 Å². The summed E-state index contributed by atoms with van der Waals surface area (Å²) in [6.45, 7) is 6.63. The lowest BCUT2D eigenvalue weighted by molar-refractivity contribution is 0.00362. The molecule has 1 N–H and O–H groups in total. The van der Waals surface area contributed by atoms with Gasteiger partial charge in [0.05, 0.1) is 30.5 Å². The number of ether oxygens (including phenoxy) is 1. The molecule has 0 saturated carbocycles. The average Bonchev–Trinajstić information content (AvgIpc) is 2.40. The third-order valence-corrected chi connectivity index (χ3v) is 3.05. The number of nitrogens with zero attached hydrogens (tertiary/aromatic N) is 2. The molecule has 1 fully saturated rings. The minimum Gasteiger partial charge on any atom is -0.385 e. The van der Waals surface area contributed by atoms with Crippen LogP contribution in [-0.4, -0.2) is 48.1 Å². The summed E-state index contributed by atoms with van der Waals surface area (Å²) in [5, 5.41) is 3.19. The number of carbonyl (C=O) groups excluding carboxylic acids is 1. The minimum atomic E-state index is 0.0230. The van der Waals surface area contributed by atoms with E-state index in [1.807, 2.05) is 24.8 Å². The number of rotatable bonds is 3. The van der Waals surface area contributed by atoms with Crippen molar-refractivity contribution in [2.75, 3.05) is 31.6 Å². The summed E-state index contributed by atoms with van der Waals surface area (Å²) in [6, 6.07) is 1.95. The maximum absolute atomic E-state index is 12.5. The highest BCUT2D eigenvalue weighted by atomic mass is 16.5. The Hall–Kier alpha value is -1.62. The number of amides is 1. The minimum absolute atomic E-state index is 0.0230. The molecular formula is C13H19N3O2. The van der Waals surface area contributed by atoms with Gasteiger partial charge in [0.1, 0.15) is 0 Å². The second-order valence-corrected chi connectivity index (χ2v) is 4.37. The standard InChI is InChI=1S/C13H19N3O2/c1-3-15-12-4-5-14-8-11(12)13(17)16-6-7-18-9-10(16)2/h4-5,8,10H,3,6-7,9H2,1-2H3,(H,14,15). The number of morpholine rings is 1. The third-order valence-electron chi connectivity index (χ3n) is 3.05. The number of pyridine rings is 1. The Morgan fingerprint density at radius 1 is 1.67 bits per heavy atom. The van der Waals surface area contributed by atoms with E-state index in [1.54, 1.807) is 12.4 Å². The highest BCUT2D eigenvalue weighted by Crippen LogP contribution is 2.18. The Bertz CT molecular complexity index is 422. The van der Waals surface area contributed by atoms with E-state index in [1.165, 1.54) is 0 Å². The summed E-state index contributed by atoms with van der Waals surface area (Å²) in [4.78, 5) is 18.4. The Balaban J connectivity index is 2.22. The summed E-state index contributed by atoms with van der Waals surface area (Å²) in [7, 11) is 0. The number of anilines is 1. The van der Waals surface area contributed by atoms with E-state index in [0.29, 0.717) is 25.3 Å². The van der Waals surface area contributed by atoms with Crippen LogP contribution < -0.4 is 5.32 Å². The average molecular weight is 249 g/mol. The van der Waals surface area contributed by atoms with Crippen molar-refractivity contribution in [2.45, 2.75) is 19.9 Å². The molecule has 0 aromatic carbocycles. The van der Waals surface area contributed by atoms with Gasteiger partial charge in [0.2, 0.25) is 0 Å². The molecule has 2 heterocycles. The monoisotopic (exact) mass is 249 g/mol. The first-order valence-corrected chi connectivity index (χ1v) is 6.30. The van der Waals surface area contributed by atoms with Crippen molar-refractivity contribution in [1.29, 1.82) is 0 Å². The molecule has 1 unspecified atom stereocenters. The Morgan fingerprint density at radius 2 is 2.50 bits per heavy atom. The first-order valence-electron chi connectivity index (χ1n) is 6.30. The molecule has 98 valence electrons. The van der Waals surface area contributed by atoms with Crippen LogP contribution in [0.3, 0.4) is 0 Å². The Kier molecular flexibility index (Phi) is 4.15. The van der Waals surface area contributed by atoms with Gasteiger partial charge >= 0.3 is 0 Å².